The third-order valence-electron chi connectivity index (χ3n) is 11.1. The van der Waals surface area contributed by atoms with Crippen molar-refractivity contribution in [3.63, 3.8) is 0 Å². The number of ether oxygens (including phenoxy) is 4. The lowest BCUT2D eigenvalue weighted by atomic mass is 9.76. The molecule has 4 aromatic rings. The van der Waals surface area contributed by atoms with Gasteiger partial charge in [-0.15, -0.1) is 0 Å². The third-order valence-corrected chi connectivity index (χ3v) is 11.1. The maximum atomic E-state index is 14.3. The molecule has 0 radical (unpaired) electrons. The zero-order chi connectivity index (χ0) is 39.5. The number of aromatic amines is 1. The highest BCUT2D eigenvalue weighted by atomic mass is 16.7. The van der Waals surface area contributed by atoms with Gasteiger partial charge < -0.3 is 29.0 Å². The van der Waals surface area contributed by atoms with E-state index in [1.165, 1.54) is 0 Å². The van der Waals surface area contributed by atoms with Crippen LogP contribution in [0.2, 0.25) is 0 Å². The second-order valence-electron chi connectivity index (χ2n) is 15.8. The first-order chi connectivity index (χ1) is 26.4. The average Bonchev–Trinajstić information content (AvgIpc) is 3.61. The molecule has 11 heteroatoms. The van der Waals surface area contributed by atoms with Gasteiger partial charge in [-0.1, -0.05) is 97.3 Å². The number of carbonyl (C=O) groups excluding carboxylic acids is 2. The number of azide groups is 1. The van der Waals surface area contributed by atoms with E-state index in [2.05, 4.69) is 15.0 Å². The summed E-state index contributed by atoms with van der Waals surface area (Å²) in [4.78, 5) is 34.5. The second kappa shape index (κ2) is 18.8. The van der Waals surface area contributed by atoms with Crippen molar-refractivity contribution in [2.24, 2.45) is 15.9 Å². The molecule has 1 saturated heterocycles. The lowest BCUT2D eigenvalue weighted by Gasteiger charge is -2.49. The van der Waals surface area contributed by atoms with Crippen LogP contribution in [0.4, 0.5) is 0 Å². The summed E-state index contributed by atoms with van der Waals surface area (Å²) in [7, 11) is 0. The maximum Gasteiger partial charge on any atom is 0.312 e. The lowest BCUT2D eigenvalue weighted by Crippen LogP contribution is -2.62. The number of fused-ring (bicyclic) bond motifs is 1. The zero-order valence-electron chi connectivity index (χ0n) is 32.8. The standard InChI is InChI=1S/C44H56N4O7/c1-31(33-19-11-7-12-20-33)43(4,5)41(51)53-37-27-39(54-40(50)42(2,3)28-32-17-9-6-10-18-32)44(55-38(37)30-49,52-26-16-8-15-25-47-48-45)24-23-34-29-46-36-22-14-13-21-35(34)36/h6-7,9-14,17-22,29,31,37-39,46,49H,8,15-16,23-28,30H2,1-5H3/t31?,37-,38+,39+,44+/m0/s1. The number of aromatic nitrogens is 1. The van der Waals surface area contributed by atoms with E-state index in [4.69, 9.17) is 24.5 Å². The molecule has 55 heavy (non-hydrogen) atoms. The molecule has 0 aliphatic carbocycles. The fourth-order valence-electron chi connectivity index (χ4n) is 7.28. The topological polar surface area (TPSA) is 156 Å². The van der Waals surface area contributed by atoms with E-state index in [-0.39, 0.29) is 18.9 Å². The number of nitrogens with zero attached hydrogens (tertiary/aromatic N) is 3. The van der Waals surface area contributed by atoms with Crippen LogP contribution in [-0.2, 0) is 41.4 Å². The van der Waals surface area contributed by atoms with E-state index in [1.54, 1.807) is 0 Å². The van der Waals surface area contributed by atoms with Gasteiger partial charge in [0.25, 0.3) is 0 Å². The number of aryl methyl sites for hydroxylation is 1. The van der Waals surface area contributed by atoms with Gasteiger partial charge in [-0.05, 0) is 87.6 Å². The molecule has 2 heterocycles. The molecule has 294 valence electrons. The summed E-state index contributed by atoms with van der Waals surface area (Å²) in [6, 6.07) is 27.6. The van der Waals surface area contributed by atoms with Crippen molar-refractivity contribution in [3.8, 4) is 0 Å². The molecule has 0 bridgehead atoms. The van der Waals surface area contributed by atoms with Gasteiger partial charge in [0, 0.05) is 41.4 Å². The number of aliphatic hydroxyl groups is 1. The highest BCUT2D eigenvalue weighted by Crippen LogP contribution is 2.42. The van der Waals surface area contributed by atoms with Crippen molar-refractivity contribution in [2.45, 2.75) is 110 Å². The zero-order valence-corrected chi connectivity index (χ0v) is 32.8. The normalized spacial score (nSPS) is 20.7. The number of esters is 2. The monoisotopic (exact) mass is 752 g/mol. The van der Waals surface area contributed by atoms with Crippen molar-refractivity contribution in [1.82, 2.24) is 4.98 Å². The first kappa shape index (κ1) is 41.5. The Bertz CT molecular complexity index is 1890. The first-order valence-electron chi connectivity index (χ1n) is 19.4. The summed E-state index contributed by atoms with van der Waals surface area (Å²) in [5.41, 5.74) is 10.9. The third kappa shape index (κ3) is 10.3. The summed E-state index contributed by atoms with van der Waals surface area (Å²) >= 11 is 0. The highest BCUT2D eigenvalue weighted by molar-refractivity contribution is 5.83. The molecule has 0 amide bonds. The Morgan fingerprint density at radius 3 is 2.36 bits per heavy atom. The Hall–Kier alpha value is -4.67. The molecule has 11 nitrogen and oxygen atoms in total. The number of benzene rings is 3. The molecule has 5 rings (SSSR count). The van der Waals surface area contributed by atoms with Crippen LogP contribution in [-0.4, -0.2) is 65.9 Å². The molecule has 1 unspecified atom stereocenters. The predicted molar refractivity (Wildman–Crippen MR) is 212 cm³/mol. The van der Waals surface area contributed by atoms with Gasteiger partial charge in [-0.2, -0.15) is 0 Å². The molecule has 1 fully saturated rings. The molecule has 1 aromatic heterocycles. The molecule has 1 aliphatic heterocycles. The van der Waals surface area contributed by atoms with Crippen molar-refractivity contribution < 1.29 is 33.6 Å². The van der Waals surface area contributed by atoms with Crippen LogP contribution in [0.1, 0.15) is 89.3 Å². The van der Waals surface area contributed by atoms with Crippen molar-refractivity contribution in [3.05, 3.63) is 118 Å². The Morgan fingerprint density at radius 1 is 0.964 bits per heavy atom. The number of rotatable bonds is 19. The molecule has 0 spiro atoms. The van der Waals surface area contributed by atoms with E-state index in [9.17, 15) is 14.7 Å². The lowest BCUT2D eigenvalue weighted by molar-refractivity contribution is -0.347. The Labute approximate surface area is 324 Å². The van der Waals surface area contributed by atoms with Crippen LogP contribution in [0.3, 0.4) is 0 Å². The van der Waals surface area contributed by atoms with E-state index in [1.807, 2.05) is 126 Å². The smallest absolute Gasteiger partial charge is 0.312 e. The number of unbranched alkanes of at least 4 members (excludes halogenated alkanes) is 2. The van der Waals surface area contributed by atoms with Crippen LogP contribution in [0.5, 0.6) is 0 Å². The minimum absolute atomic E-state index is 0.0602. The van der Waals surface area contributed by atoms with Gasteiger partial charge in [-0.25, -0.2) is 0 Å². The fourth-order valence-corrected chi connectivity index (χ4v) is 7.28. The largest absolute Gasteiger partial charge is 0.459 e. The van der Waals surface area contributed by atoms with Gasteiger partial charge in [0.2, 0.25) is 5.79 Å². The fraction of sp³-hybridized carbons (Fsp3) is 0.500. The van der Waals surface area contributed by atoms with Crippen LogP contribution >= 0.6 is 0 Å². The van der Waals surface area contributed by atoms with Gasteiger partial charge in [-0.3, -0.25) is 9.59 Å². The van der Waals surface area contributed by atoms with E-state index in [0.717, 1.165) is 34.0 Å². The number of nitrogens with one attached hydrogen (secondary N) is 1. The summed E-state index contributed by atoms with van der Waals surface area (Å²) in [5.74, 6) is -2.55. The molecule has 5 atom stereocenters. The van der Waals surface area contributed by atoms with Crippen molar-refractivity contribution in [1.29, 1.82) is 0 Å². The maximum absolute atomic E-state index is 14.3. The van der Waals surface area contributed by atoms with Gasteiger partial charge in [0.15, 0.2) is 6.10 Å². The predicted octanol–water partition coefficient (Wildman–Crippen LogP) is 9.00. The molecule has 3 aromatic carbocycles. The quantitative estimate of drug-likeness (QED) is 0.0318. The molecule has 0 saturated carbocycles. The van der Waals surface area contributed by atoms with Crippen LogP contribution in [0.25, 0.3) is 21.3 Å². The Morgan fingerprint density at radius 2 is 1.65 bits per heavy atom. The molecule has 1 aliphatic rings. The van der Waals surface area contributed by atoms with Gasteiger partial charge in [0.05, 0.1) is 24.0 Å². The van der Waals surface area contributed by atoms with Crippen molar-refractivity contribution >= 4 is 22.8 Å². The Kier molecular flexibility index (Phi) is 14.2. The highest BCUT2D eigenvalue weighted by Gasteiger charge is 2.54. The second-order valence-corrected chi connectivity index (χ2v) is 15.8. The Balaban J connectivity index is 1.46. The summed E-state index contributed by atoms with van der Waals surface area (Å²) < 4.78 is 26.3. The van der Waals surface area contributed by atoms with E-state index < -0.39 is 53.5 Å². The summed E-state index contributed by atoms with van der Waals surface area (Å²) in [6.07, 6.45) is 2.46. The molecule has 2 N–H and O–H groups in total. The van der Waals surface area contributed by atoms with Crippen LogP contribution < -0.4 is 0 Å². The summed E-state index contributed by atoms with van der Waals surface area (Å²) in [6.45, 7) is 9.60. The number of aliphatic hydroxyl groups excluding tert-OH is 1. The number of para-hydroxylation sites is 1. The van der Waals surface area contributed by atoms with Gasteiger partial charge >= 0.3 is 11.9 Å². The molecular formula is C44H56N4O7. The number of hydrogen-bond donors (Lipinski definition) is 2. The van der Waals surface area contributed by atoms with Crippen LogP contribution in [0.15, 0.2) is 96.2 Å². The molecular weight excluding hydrogens is 697 g/mol. The van der Waals surface area contributed by atoms with Crippen LogP contribution in [0, 0.1) is 10.8 Å². The minimum atomic E-state index is -1.48. The minimum Gasteiger partial charge on any atom is -0.459 e. The van der Waals surface area contributed by atoms with E-state index >= 15 is 0 Å². The van der Waals surface area contributed by atoms with E-state index in [0.29, 0.717) is 38.6 Å². The first-order valence-corrected chi connectivity index (χ1v) is 19.4. The summed E-state index contributed by atoms with van der Waals surface area (Å²) in [5, 5.41) is 15.5. The van der Waals surface area contributed by atoms with Crippen molar-refractivity contribution in [2.75, 3.05) is 19.8 Å². The number of hydrogen-bond acceptors (Lipinski definition) is 8. The number of carbonyl (C=O) groups is 2. The van der Waals surface area contributed by atoms with Gasteiger partial charge in [0.1, 0.15) is 12.2 Å². The number of H-pyrrole nitrogens is 1. The SMILES string of the molecule is CC(c1ccccc1)C(C)(C)C(=O)O[C@H]1C[C@@H](OC(=O)C(C)(C)Cc2ccccc2)[C@](CCc2c[nH]c3ccccc23)(OCCCCCN=[N+]=[N-])O[C@@H]1CO. The average molecular weight is 753 g/mol.